The van der Waals surface area contributed by atoms with E-state index in [4.69, 9.17) is 16.3 Å². The first-order chi connectivity index (χ1) is 13.9. The van der Waals surface area contributed by atoms with Gasteiger partial charge < -0.3 is 14.8 Å². The normalized spacial score (nSPS) is 23.5. The lowest BCUT2D eigenvalue weighted by Crippen LogP contribution is -2.45. The van der Waals surface area contributed by atoms with Gasteiger partial charge in [0.25, 0.3) is 0 Å². The van der Waals surface area contributed by atoms with Gasteiger partial charge in [-0.1, -0.05) is 23.7 Å². The smallest absolute Gasteiger partial charge is 0.408 e. The van der Waals surface area contributed by atoms with Crippen molar-refractivity contribution in [1.82, 2.24) is 5.32 Å². The maximum atomic E-state index is 13.4. The molecule has 1 fully saturated rings. The summed E-state index contributed by atoms with van der Waals surface area (Å²) in [7, 11) is -4.05. The van der Waals surface area contributed by atoms with Crippen LogP contribution in [0, 0.1) is 5.82 Å². The van der Waals surface area contributed by atoms with Crippen LogP contribution in [0.4, 0.5) is 9.18 Å². The van der Waals surface area contributed by atoms with Crippen molar-refractivity contribution in [2.24, 2.45) is 0 Å². The average Bonchev–Trinajstić information content (AvgIpc) is 3.30. The Labute approximate surface area is 179 Å². The molecule has 0 radical (unpaired) electrons. The van der Waals surface area contributed by atoms with Gasteiger partial charge in [-0.2, -0.15) is 0 Å². The average molecular weight is 454 g/mol. The maximum absolute atomic E-state index is 13.4. The third-order valence-corrected chi connectivity index (χ3v) is 7.31. The molecule has 1 N–H and O–H groups in total. The third-order valence-electron chi connectivity index (χ3n) is 4.80. The zero-order chi connectivity index (χ0) is 22.3. The van der Waals surface area contributed by atoms with Crippen molar-refractivity contribution in [3.63, 3.8) is 0 Å². The highest BCUT2D eigenvalue weighted by Crippen LogP contribution is 2.56. The molecule has 6 nitrogen and oxygen atoms in total. The molecule has 0 aromatic heterocycles. The van der Waals surface area contributed by atoms with Crippen molar-refractivity contribution < 1.29 is 27.1 Å². The van der Waals surface area contributed by atoms with Gasteiger partial charge in [0.05, 0.1) is 4.90 Å². The number of sulfone groups is 1. The highest BCUT2D eigenvalue weighted by atomic mass is 35.5. The molecule has 0 heterocycles. The van der Waals surface area contributed by atoms with Crippen molar-refractivity contribution in [1.29, 1.82) is 0 Å². The van der Waals surface area contributed by atoms with Crippen LogP contribution in [0.3, 0.4) is 0 Å². The van der Waals surface area contributed by atoms with E-state index in [1.54, 1.807) is 20.8 Å². The van der Waals surface area contributed by atoms with Crippen molar-refractivity contribution in [3.05, 3.63) is 64.9 Å². The number of carbonyl (C=O) groups is 2. The second-order valence-electron chi connectivity index (χ2n) is 8.13. The Kier molecular flexibility index (Phi) is 5.68. The summed E-state index contributed by atoms with van der Waals surface area (Å²) in [5.74, 6) is -1.42. The molecule has 2 aromatic carbocycles. The Balaban J connectivity index is 2.04. The molecule has 1 aliphatic carbocycles. The first-order valence-electron chi connectivity index (χ1n) is 9.13. The number of hydrogen-bond donors (Lipinski definition) is 1. The summed E-state index contributed by atoms with van der Waals surface area (Å²) in [4.78, 5) is 24.5. The van der Waals surface area contributed by atoms with Crippen LogP contribution >= 0.6 is 11.6 Å². The number of nitrogens with one attached hydrogen (secondary N) is 1. The van der Waals surface area contributed by atoms with Gasteiger partial charge in [0.1, 0.15) is 28.5 Å². The molecule has 160 valence electrons. The van der Waals surface area contributed by atoms with Crippen LogP contribution in [-0.2, 0) is 19.4 Å². The van der Waals surface area contributed by atoms with E-state index in [0.29, 0.717) is 16.9 Å². The molecule has 0 aliphatic heterocycles. The van der Waals surface area contributed by atoms with Crippen LogP contribution in [0.15, 0.2) is 53.4 Å². The summed E-state index contributed by atoms with van der Waals surface area (Å²) in [6, 6.07) is 10.6. The van der Waals surface area contributed by atoms with Crippen LogP contribution in [0.5, 0.6) is 0 Å². The van der Waals surface area contributed by atoms with Crippen LogP contribution in [0.2, 0.25) is 5.02 Å². The Hall–Kier alpha value is -2.45. The lowest BCUT2D eigenvalue weighted by molar-refractivity contribution is -0.110. The summed E-state index contributed by atoms with van der Waals surface area (Å²) >= 11 is 5.85. The number of hydrogen-bond acceptors (Lipinski definition) is 5. The zero-order valence-corrected chi connectivity index (χ0v) is 18.1. The van der Waals surface area contributed by atoms with Gasteiger partial charge in [-0.15, -0.1) is 0 Å². The molecule has 3 rings (SSSR count). The fourth-order valence-electron chi connectivity index (χ4n) is 3.50. The Morgan fingerprint density at radius 2 is 1.70 bits per heavy atom. The van der Waals surface area contributed by atoms with Crippen LogP contribution in [-0.4, -0.2) is 37.2 Å². The first-order valence-corrected chi connectivity index (χ1v) is 11.1. The molecule has 9 heteroatoms. The molecule has 1 aliphatic rings. The number of halogens is 2. The van der Waals surface area contributed by atoms with Gasteiger partial charge in [-0.3, -0.25) is 0 Å². The van der Waals surface area contributed by atoms with E-state index < -0.39 is 44.1 Å². The van der Waals surface area contributed by atoms with Gasteiger partial charge in [-0.05, 0) is 62.7 Å². The van der Waals surface area contributed by atoms with E-state index in [0.717, 1.165) is 0 Å². The second kappa shape index (κ2) is 7.67. The lowest BCUT2D eigenvalue weighted by atomic mass is 10.1. The molecular formula is C21H21ClFNO5S. The molecule has 1 amide bonds. The number of aldehydes is 1. The van der Waals surface area contributed by atoms with Gasteiger partial charge >= 0.3 is 6.09 Å². The van der Waals surface area contributed by atoms with Crippen molar-refractivity contribution in [2.75, 3.05) is 0 Å². The lowest BCUT2D eigenvalue weighted by Gasteiger charge is -2.22. The highest BCUT2D eigenvalue weighted by Gasteiger charge is 2.73. The van der Waals surface area contributed by atoms with E-state index >= 15 is 0 Å². The van der Waals surface area contributed by atoms with Gasteiger partial charge in [0.2, 0.25) is 0 Å². The van der Waals surface area contributed by atoms with E-state index in [2.05, 4.69) is 5.32 Å². The van der Waals surface area contributed by atoms with E-state index in [9.17, 15) is 22.4 Å². The van der Waals surface area contributed by atoms with E-state index in [1.165, 1.54) is 48.5 Å². The summed E-state index contributed by atoms with van der Waals surface area (Å²) < 4.78 is 45.3. The van der Waals surface area contributed by atoms with Crippen LogP contribution in [0.1, 0.15) is 32.3 Å². The van der Waals surface area contributed by atoms with Gasteiger partial charge in [-0.25, -0.2) is 17.6 Å². The molecule has 0 spiro atoms. The molecule has 0 bridgehead atoms. The molecule has 1 saturated carbocycles. The van der Waals surface area contributed by atoms with Crippen LogP contribution < -0.4 is 5.32 Å². The first kappa shape index (κ1) is 22.2. The number of ether oxygens (including phenoxy) is 1. The summed E-state index contributed by atoms with van der Waals surface area (Å²) in [5.41, 5.74) is -2.19. The van der Waals surface area contributed by atoms with E-state index in [-0.39, 0.29) is 4.90 Å². The summed E-state index contributed by atoms with van der Waals surface area (Å²) in [5, 5.41) is 1.51. The topological polar surface area (TPSA) is 89.5 Å². The summed E-state index contributed by atoms with van der Waals surface area (Å²) in [6.45, 7) is 4.94. The van der Waals surface area contributed by atoms with E-state index in [1.807, 2.05) is 0 Å². The number of rotatable bonds is 5. The monoisotopic (exact) mass is 453 g/mol. The minimum absolute atomic E-state index is 0.0428. The maximum Gasteiger partial charge on any atom is 0.408 e. The van der Waals surface area contributed by atoms with Gasteiger partial charge in [0, 0.05) is 10.9 Å². The molecule has 0 saturated heterocycles. The predicted octanol–water partition coefficient (Wildman–Crippen LogP) is 3.88. The molecular weight excluding hydrogens is 433 g/mol. The van der Waals surface area contributed by atoms with Crippen molar-refractivity contribution in [2.45, 2.75) is 48.0 Å². The minimum atomic E-state index is -4.05. The fraction of sp³-hybridized carbons (Fsp3) is 0.333. The highest BCUT2D eigenvalue weighted by molar-refractivity contribution is 7.92. The quantitative estimate of drug-likeness (QED) is 0.694. The Bertz CT molecular complexity index is 1060. The Morgan fingerprint density at radius 3 is 2.20 bits per heavy atom. The standard InChI is InChI=1S/C21H21ClFNO5S/c1-20(2,3)29-19(26)24-21(12-25)17(13-4-8-15(23)9-5-13)18(21)30(27,28)16-10-6-14(22)7-11-16/h4-12,17-18H,1-3H3,(H,24,26)/t17-,18+,21-/m1/s1. The van der Waals surface area contributed by atoms with Crippen LogP contribution in [0.25, 0.3) is 0 Å². The minimum Gasteiger partial charge on any atom is -0.444 e. The Morgan fingerprint density at radius 1 is 1.13 bits per heavy atom. The fourth-order valence-corrected chi connectivity index (χ4v) is 5.87. The zero-order valence-electron chi connectivity index (χ0n) is 16.6. The molecule has 0 unspecified atom stereocenters. The molecule has 2 aromatic rings. The number of alkyl carbamates (subject to hydrolysis) is 1. The number of carbonyl (C=O) groups excluding carboxylic acids is 2. The van der Waals surface area contributed by atoms with Crippen molar-refractivity contribution in [3.8, 4) is 0 Å². The molecule has 30 heavy (non-hydrogen) atoms. The summed E-state index contributed by atoms with van der Waals surface area (Å²) in [6.07, 6.45) is -0.515. The number of amides is 1. The van der Waals surface area contributed by atoms with Gasteiger partial charge in [0.15, 0.2) is 9.84 Å². The predicted molar refractivity (Wildman–Crippen MR) is 110 cm³/mol. The number of benzene rings is 2. The second-order valence-corrected chi connectivity index (χ2v) is 10.6. The molecule has 3 atom stereocenters. The third kappa shape index (κ3) is 4.20. The largest absolute Gasteiger partial charge is 0.444 e. The van der Waals surface area contributed by atoms with Crippen molar-refractivity contribution >= 4 is 33.8 Å². The SMILES string of the molecule is CC(C)(C)OC(=O)N[C@]1(C=O)[C@H](c2ccc(F)cc2)[C@@H]1S(=O)(=O)c1ccc(Cl)cc1.